The number of aliphatic carboxylic acids is 1. The Morgan fingerprint density at radius 2 is 1.90 bits per heavy atom. The summed E-state index contributed by atoms with van der Waals surface area (Å²) < 4.78 is 0.669. The monoisotopic (exact) mass is 403 g/mol. The van der Waals surface area contributed by atoms with E-state index in [0.29, 0.717) is 22.0 Å². The molecule has 0 aromatic heterocycles. The topological polar surface area (TPSA) is 86.6 Å². The first-order valence-corrected chi connectivity index (χ1v) is 8.03. The van der Waals surface area contributed by atoms with Crippen LogP contribution in [0.4, 0.5) is 0 Å². The number of phenols is 1. The van der Waals surface area contributed by atoms with Gasteiger partial charge in [-0.15, -0.1) is 0 Å². The van der Waals surface area contributed by atoms with E-state index < -0.39 is 11.5 Å². The number of hydrogen-bond donors (Lipinski definition) is 3. The van der Waals surface area contributed by atoms with Crippen molar-refractivity contribution in [1.29, 1.82) is 0 Å². The fourth-order valence-corrected chi connectivity index (χ4v) is 3.17. The van der Waals surface area contributed by atoms with Gasteiger partial charge >= 0.3 is 5.97 Å². The van der Waals surface area contributed by atoms with E-state index in [1.54, 1.807) is 12.1 Å². The zero-order valence-electron chi connectivity index (χ0n) is 11.6. The van der Waals surface area contributed by atoms with Gasteiger partial charge in [0.1, 0.15) is 5.75 Å². The van der Waals surface area contributed by atoms with Gasteiger partial charge in [-0.3, -0.25) is 9.59 Å². The normalized spacial score (nSPS) is 17.2. The van der Waals surface area contributed by atoms with Crippen molar-refractivity contribution in [2.75, 3.05) is 0 Å². The Morgan fingerprint density at radius 3 is 2.48 bits per heavy atom. The Balaban J connectivity index is 2.17. The number of carbonyl (C=O) groups is 2. The van der Waals surface area contributed by atoms with Gasteiger partial charge in [-0.2, -0.15) is 0 Å². The van der Waals surface area contributed by atoms with E-state index >= 15 is 0 Å². The van der Waals surface area contributed by atoms with Gasteiger partial charge in [0, 0.05) is 5.56 Å². The molecule has 0 unspecified atom stereocenters. The van der Waals surface area contributed by atoms with Crippen LogP contribution in [0.5, 0.6) is 5.75 Å². The number of halogens is 1. The average Bonchev–Trinajstić information content (AvgIpc) is 2.41. The van der Waals surface area contributed by atoms with Gasteiger partial charge in [-0.05, 0) is 53.6 Å². The molecule has 5 nitrogen and oxygen atoms in total. The van der Waals surface area contributed by atoms with E-state index in [2.05, 4.69) is 5.32 Å². The molecular weight excluding hydrogens is 385 g/mol. The molecule has 114 valence electrons. The van der Waals surface area contributed by atoms with Gasteiger partial charge in [0.25, 0.3) is 5.91 Å². The number of amides is 1. The first-order chi connectivity index (χ1) is 9.92. The Hall–Kier alpha value is -1.31. The van der Waals surface area contributed by atoms with Crippen molar-refractivity contribution in [3.63, 3.8) is 0 Å². The molecule has 0 bridgehead atoms. The largest absolute Gasteiger partial charge is 0.507 e. The smallest absolute Gasteiger partial charge is 0.305 e. The number of carboxylic acid groups (broad SMARTS) is 1. The second-order valence-electron chi connectivity index (χ2n) is 5.53. The minimum Gasteiger partial charge on any atom is -0.507 e. The molecule has 3 N–H and O–H groups in total. The third kappa shape index (κ3) is 4.09. The number of phenolic OH excluding ortho intramolecular Hbond substituents is 1. The Labute approximate surface area is 136 Å². The summed E-state index contributed by atoms with van der Waals surface area (Å²) in [6.07, 6.45) is 4.22. The van der Waals surface area contributed by atoms with Crippen molar-refractivity contribution in [3.05, 3.63) is 27.3 Å². The highest BCUT2D eigenvalue weighted by atomic mass is 127. The van der Waals surface area contributed by atoms with Crippen LogP contribution < -0.4 is 5.32 Å². The second kappa shape index (κ2) is 6.64. The van der Waals surface area contributed by atoms with E-state index in [0.717, 1.165) is 19.3 Å². The van der Waals surface area contributed by atoms with Crippen LogP contribution in [0, 0.1) is 3.57 Å². The average molecular weight is 403 g/mol. The van der Waals surface area contributed by atoms with E-state index in [1.807, 2.05) is 22.6 Å². The van der Waals surface area contributed by atoms with Crippen LogP contribution in [0.25, 0.3) is 0 Å². The quantitative estimate of drug-likeness (QED) is 0.675. The third-order valence-electron chi connectivity index (χ3n) is 3.89. The molecule has 1 aliphatic carbocycles. The molecule has 21 heavy (non-hydrogen) atoms. The SMILES string of the molecule is O=C(O)CC1(NC(=O)c2ccc(I)c(O)c2)CCCCC1. The Kier molecular flexibility index (Phi) is 5.08. The summed E-state index contributed by atoms with van der Waals surface area (Å²) in [4.78, 5) is 23.4. The second-order valence-corrected chi connectivity index (χ2v) is 6.69. The zero-order chi connectivity index (χ0) is 15.5. The van der Waals surface area contributed by atoms with Crippen LogP contribution in [0.2, 0.25) is 0 Å². The number of aromatic hydroxyl groups is 1. The van der Waals surface area contributed by atoms with Crippen LogP contribution in [0.3, 0.4) is 0 Å². The summed E-state index contributed by atoms with van der Waals surface area (Å²) in [7, 11) is 0. The molecule has 0 radical (unpaired) electrons. The number of benzene rings is 1. The summed E-state index contributed by atoms with van der Waals surface area (Å²) in [6, 6.07) is 4.71. The summed E-state index contributed by atoms with van der Waals surface area (Å²) in [5.74, 6) is -1.17. The van der Waals surface area contributed by atoms with Crippen molar-refractivity contribution in [1.82, 2.24) is 5.32 Å². The fourth-order valence-electron chi connectivity index (χ4n) is 2.83. The van der Waals surface area contributed by atoms with Crippen LogP contribution in [0.15, 0.2) is 18.2 Å². The van der Waals surface area contributed by atoms with Crippen molar-refractivity contribution in [2.45, 2.75) is 44.1 Å². The molecule has 1 amide bonds. The summed E-state index contributed by atoms with van der Waals surface area (Å²) >= 11 is 1.98. The maximum Gasteiger partial charge on any atom is 0.305 e. The van der Waals surface area contributed by atoms with Gasteiger partial charge in [-0.1, -0.05) is 19.3 Å². The molecule has 0 aliphatic heterocycles. The molecule has 1 aromatic rings. The number of carboxylic acids is 1. The molecule has 0 atom stereocenters. The van der Waals surface area contributed by atoms with Crippen molar-refractivity contribution in [2.24, 2.45) is 0 Å². The highest BCUT2D eigenvalue weighted by Gasteiger charge is 2.36. The van der Waals surface area contributed by atoms with Crippen LogP contribution in [-0.4, -0.2) is 27.6 Å². The van der Waals surface area contributed by atoms with E-state index in [9.17, 15) is 14.7 Å². The van der Waals surface area contributed by atoms with Gasteiger partial charge < -0.3 is 15.5 Å². The molecule has 6 heteroatoms. The van der Waals surface area contributed by atoms with Gasteiger partial charge in [0.15, 0.2) is 0 Å². The number of hydrogen-bond acceptors (Lipinski definition) is 3. The maximum atomic E-state index is 12.3. The van der Waals surface area contributed by atoms with Crippen LogP contribution >= 0.6 is 22.6 Å². The first-order valence-electron chi connectivity index (χ1n) is 6.95. The van der Waals surface area contributed by atoms with Crippen molar-refractivity contribution < 1.29 is 19.8 Å². The molecule has 2 rings (SSSR count). The van der Waals surface area contributed by atoms with Crippen LogP contribution in [0.1, 0.15) is 48.9 Å². The predicted octanol–water partition coefficient (Wildman–Crippen LogP) is 2.90. The zero-order valence-corrected chi connectivity index (χ0v) is 13.7. The first kappa shape index (κ1) is 16.1. The maximum absolute atomic E-state index is 12.3. The number of carbonyl (C=O) groups excluding carboxylic acids is 1. The lowest BCUT2D eigenvalue weighted by Crippen LogP contribution is -2.51. The Bertz CT molecular complexity index is 553. The van der Waals surface area contributed by atoms with Gasteiger partial charge in [-0.25, -0.2) is 0 Å². The van der Waals surface area contributed by atoms with E-state index in [-0.39, 0.29) is 18.1 Å². The van der Waals surface area contributed by atoms with Gasteiger partial charge in [0.2, 0.25) is 0 Å². The summed E-state index contributed by atoms with van der Waals surface area (Å²) in [5, 5.41) is 21.7. The minimum atomic E-state index is -0.900. The van der Waals surface area contributed by atoms with E-state index in [1.165, 1.54) is 6.07 Å². The highest BCUT2D eigenvalue weighted by Crippen LogP contribution is 2.31. The van der Waals surface area contributed by atoms with Crippen molar-refractivity contribution in [3.8, 4) is 5.75 Å². The summed E-state index contributed by atoms with van der Waals surface area (Å²) in [6.45, 7) is 0. The molecule has 0 heterocycles. The third-order valence-corrected chi connectivity index (χ3v) is 4.80. The number of nitrogens with one attached hydrogen (secondary N) is 1. The van der Waals surface area contributed by atoms with E-state index in [4.69, 9.17) is 5.11 Å². The lowest BCUT2D eigenvalue weighted by Gasteiger charge is -2.37. The van der Waals surface area contributed by atoms with Gasteiger partial charge in [0.05, 0.1) is 15.5 Å². The lowest BCUT2D eigenvalue weighted by molar-refractivity contribution is -0.139. The standard InChI is InChI=1S/C15H18INO4/c16-11-5-4-10(8-12(11)18)14(21)17-15(9-13(19)20)6-2-1-3-7-15/h4-5,8,18H,1-3,6-7,9H2,(H,17,21)(H,19,20). The molecule has 1 fully saturated rings. The fraction of sp³-hybridized carbons (Fsp3) is 0.467. The summed E-state index contributed by atoms with van der Waals surface area (Å²) in [5.41, 5.74) is -0.317. The molecule has 0 spiro atoms. The Morgan fingerprint density at radius 1 is 1.24 bits per heavy atom. The lowest BCUT2D eigenvalue weighted by atomic mass is 9.79. The van der Waals surface area contributed by atoms with Crippen LogP contribution in [-0.2, 0) is 4.79 Å². The molecule has 1 aromatic carbocycles. The molecule has 1 aliphatic rings. The van der Waals surface area contributed by atoms with Crippen molar-refractivity contribution >= 4 is 34.5 Å². The molecule has 0 saturated heterocycles. The minimum absolute atomic E-state index is 0.0548. The highest BCUT2D eigenvalue weighted by molar-refractivity contribution is 14.1. The molecule has 1 saturated carbocycles. The predicted molar refractivity (Wildman–Crippen MR) is 86.4 cm³/mol. The molecular formula is C15H18INO4. The number of rotatable bonds is 4.